The van der Waals surface area contributed by atoms with Gasteiger partial charge < -0.3 is 9.64 Å². The topological polar surface area (TPSA) is 50.6 Å². The lowest BCUT2D eigenvalue weighted by Crippen LogP contribution is -2.38. The minimum Gasteiger partial charge on any atom is -0.370 e. The van der Waals surface area contributed by atoms with Gasteiger partial charge in [0.25, 0.3) is 0 Å². The molecule has 1 fully saturated rings. The third kappa shape index (κ3) is 3.49. The van der Waals surface area contributed by atoms with Crippen molar-refractivity contribution in [3.05, 3.63) is 59.2 Å². The number of nitrogens with zero attached hydrogens (tertiary/aromatic N) is 4. The highest BCUT2D eigenvalue weighted by molar-refractivity contribution is 7.13. The number of anilines is 1. The molecule has 5 nitrogen and oxygen atoms in total. The van der Waals surface area contributed by atoms with Crippen molar-refractivity contribution in [3.63, 3.8) is 0 Å². The number of hydrogen-bond acceptors (Lipinski definition) is 6. The Hall–Kier alpha value is -2.64. The van der Waals surface area contributed by atoms with Gasteiger partial charge in [-0.3, -0.25) is 0 Å². The molecule has 3 heterocycles. The molecule has 1 unspecified atom stereocenters. The second-order valence-corrected chi connectivity index (χ2v) is 6.75. The van der Waals surface area contributed by atoms with E-state index in [1.807, 2.05) is 29.6 Å². The molecule has 26 heavy (non-hydrogen) atoms. The van der Waals surface area contributed by atoms with Crippen LogP contribution in [0.3, 0.4) is 0 Å². The Morgan fingerprint density at radius 2 is 2.08 bits per heavy atom. The van der Waals surface area contributed by atoms with Crippen LogP contribution in [0.5, 0.6) is 0 Å². The van der Waals surface area contributed by atoms with Crippen molar-refractivity contribution < 1.29 is 9.13 Å². The monoisotopic (exact) mass is 368 g/mol. The van der Waals surface area contributed by atoms with E-state index in [1.165, 1.54) is 23.5 Å². The molecular formula is C19H17FN4OS. The molecule has 0 N–H and O–H groups in total. The predicted molar refractivity (Wildman–Crippen MR) is 102 cm³/mol. The number of pyridine rings is 1. The van der Waals surface area contributed by atoms with Crippen LogP contribution in [0.25, 0.3) is 11.4 Å². The average Bonchev–Trinajstić information content (AvgIpc) is 3.18. The number of hydrogen-bond donors (Lipinski definition) is 0. The Morgan fingerprint density at radius 1 is 1.19 bits per heavy atom. The largest absolute Gasteiger partial charge is 0.370 e. The normalized spacial score (nSPS) is 17.3. The quantitative estimate of drug-likeness (QED) is 0.646. The van der Waals surface area contributed by atoms with Crippen molar-refractivity contribution >= 4 is 29.0 Å². The van der Waals surface area contributed by atoms with Gasteiger partial charge in [-0.05, 0) is 36.5 Å². The molecule has 1 saturated heterocycles. The number of morpholine rings is 1. The Kier molecular flexibility index (Phi) is 4.73. The smallest absolute Gasteiger partial charge is 0.209 e. The lowest BCUT2D eigenvalue weighted by molar-refractivity contribution is 0.0393. The number of thiazole rings is 1. The molecule has 0 spiro atoms. The summed E-state index contributed by atoms with van der Waals surface area (Å²) < 4.78 is 19.4. The molecule has 3 aromatic rings. The first-order valence-corrected chi connectivity index (χ1v) is 9.12. The van der Waals surface area contributed by atoms with Gasteiger partial charge in [0, 0.05) is 18.5 Å². The van der Waals surface area contributed by atoms with Crippen LogP contribution in [0.15, 0.2) is 52.8 Å². The SMILES string of the molecule is C=Nc1nc(-c2cccc(N3CCOC(c4cccc(F)c4)C3)n2)cs1. The number of ether oxygens (including phenoxy) is 1. The maximum absolute atomic E-state index is 13.5. The maximum Gasteiger partial charge on any atom is 0.209 e. The maximum atomic E-state index is 13.5. The predicted octanol–water partition coefficient (Wildman–Crippen LogP) is 4.25. The zero-order valence-electron chi connectivity index (χ0n) is 14.0. The summed E-state index contributed by atoms with van der Waals surface area (Å²) in [6, 6.07) is 12.4. The van der Waals surface area contributed by atoms with Crippen molar-refractivity contribution in [1.29, 1.82) is 0 Å². The highest BCUT2D eigenvalue weighted by atomic mass is 32.1. The summed E-state index contributed by atoms with van der Waals surface area (Å²) in [7, 11) is 0. The Morgan fingerprint density at radius 3 is 2.88 bits per heavy atom. The van der Waals surface area contributed by atoms with Gasteiger partial charge in [0.05, 0.1) is 12.3 Å². The minimum absolute atomic E-state index is 0.180. The van der Waals surface area contributed by atoms with Crippen LogP contribution in [0, 0.1) is 5.82 Å². The molecule has 0 saturated carbocycles. The molecular weight excluding hydrogens is 351 g/mol. The molecule has 0 bridgehead atoms. The molecule has 0 aliphatic carbocycles. The van der Waals surface area contributed by atoms with Crippen molar-refractivity contribution in [2.24, 2.45) is 4.99 Å². The summed E-state index contributed by atoms with van der Waals surface area (Å²) in [5.41, 5.74) is 2.42. The lowest BCUT2D eigenvalue weighted by atomic mass is 10.1. The third-order valence-electron chi connectivity index (χ3n) is 4.24. The summed E-state index contributed by atoms with van der Waals surface area (Å²) in [5.74, 6) is 0.604. The molecule has 0 radical (unpaired) electrons. The molecule has 4 rings (SSSR count). The van der Waals surface area contributed by atoms with E-state index in [2.05, 4.69) is 21.6 Å². The highest BCUT2D eigenvalue weighted by Gasteiger charge is 2.23. The van der Waals surface area contributed by atoms with E-state index < -0.39 is 0 Å². The standard InChI is InChI=1S/C19H17FN4OS/c1-21-19-23-16(12-26-19)15-6-3-7-18(22-15)24-8-9-25-17(11-24)13-4-2-5-14(20)10-13/h2-7,10,12,17H,1,8-9,11H2. The fourth-order valence-corrected chi connectivity index (χ4v) is 3.58. The van der Waals surface area contributed by atoms with Crippen LogP contribution < -0.4 is 4.90 Å². The second kappa shape index (κ2) is 7.31. The first-order chi connectivity index (χ1) is 12.7. The van der Waals surface area contributed by atoms with E-state index >= 15 is 0 Å². The molecule has 132 valence electrons. The van der Waals surface area contributed by atoms with Gasteiger partial charge in [0.15, 0.2) is 0 Å². The molecule has 2 aromatic heterocycles. The van der Waals surface area contributed by atoms with Gasteiger partial charge in [0.1, 0.15) is 23.4 Å². The van der Waals surface area contributed by atoms with Crippen LogP contribution in [0.1, 0.15) is 11.7 Å². The van der Waals surface area contributed by atoms with Gasteiger partial charge in [0.2, 0.25) is 5.13 Å². The fourth-order valence-electron chi connectivity index (χ4n) is 2.96. The van der Waals surface area contributed by atoms with Gasteiger partial charge in [-0.1, -0.05) is 18.2 Å². The van der Waals surface area contributed by atoms with E-state index in [0.29, 0.717) is 18.3 Å². The van der Waals surface area contributed by atoms with Gasteiger partial charge >= 0.3 is 0 Å². The fraction of sp³-hybridized carbons (Fsp3) is 0.211. The van der Waals surface area contributed by atoms with Crippen molar-refractivity contribution in [1.82, 2.24) is 9.97 Å². The molecule has 1 atom stereocenters. The third-order valence-corrected chi connectivity index (χ3v) is 5.01. The average molecular weight is 368 g/mol. The zero-order valence-corrected chi connectivity index (χ0v) is 14.8. The summed E-state index contributed by atoms with van der Waals surface area (Å²) in [4.78, 5) is 15.1. The summed E-state index contributed by atoms with van der Waals surface area (Å²) in [6.45, 7) is 5.42. The molecule has 7 heteroatoms. The summed E-state index contributed by atoms with van der Waals surface area (Å²) in [6.07, 6.45) is -0.180. The number of halogens is 1. The summed E-state index contributed by atoms with van der Waals surface area (Å²) in [5, 5.41) is 2.55. The number of rotatable bonds is 4. The zero-order chi connectivity index (χ0) is 17.9. The van der Waals surface area contributed by atoms with Gasteiger partial charge in [-0.15, -0.1) is 11.3 Å². The lowest BCUT2D eigenvalue weighted by Gasteiger charge is -2.34. The van der Waals surface area contributed by atoms with Crippen LogP contribution >= 0.6 is 11.3 Å². The number of aromatic nitrogens is 2. The van der Waals surface area contributed by atoms with Gasteiger partial charge in [-0.25, -0.2) is 19.4 Å². The Bertz CT molecular complexity index is 929. The van der Waals surface area contributed by atoms with E-state index in [0.717, 1.165) is 29.3 Å². The first-order valence-electron chi connectivity index (χ1n) is 8.24. The number of aliphatic imine (C=N–C) groups is 1. The molecule has 1 aromatic carbocycles. The van der Waals surface area contributed by atoms with Crippen molar-refractivity contribution in [2.75, 3.05) is 24.6 Å². The van der Waals surface area contributed by atoms with E-state index in [4.69, 9.17) is 9.72 Å². The van der Waals surface area contributed by atoms with Gasteiger partial charge in [-0.2, -0.15) is 0 Å². The van der Waals surface area contributed by atoms with Crippen LogP contribution in [-0.4, -0.2) is 36.4 Å². The molecule has 1 aliphatic heterocycles. The minimum atomic E-state index is -0.251. The first kappa shape index (κ1) is 16.8. The van der Waals surface area contributed by atoms with Crippen molar-refractivity contribution in [3.8, 4) is 11.4 Å². The second-order valence-electron chi connectivity index (χ2n) is 5.91. The molecule has 1 aliphatic rings. The van der Waals surface area contributed by atoms with E-state index in [9.17, 15) is 4.39 Å². The van der Waals surface area contributed by atoms with Crippen LogP contribution in [0.2, 0.25) is 0 Å². The van der Waals surface area contributed by atoms with Crippen molar-refractivity contribution in [2.45, 2.75) is 6.10 Å². The Labute approximate surface area is 154 Å². The van der Waals surface area contributed by atoms with Crippen LogP contribution in [0.4, 0.5) is 15.3 Å². The highest BCUT2D eigenvalue weighted by Crippen LogP contribution is 2.29. The van der Waals surface area contributed by atoms with E-state index in [1.54, 1.807) is 6.07 Å². The summed E-state index contributed by atoms with van der Waals surface area (Å²) >= 11 is 1.44. The molecule has 0 amide bonds. The van der Waals surface area contributed by atoms with E-state index in [-0.39, 0.29) is 11.9 Å². The van der Waals surface area contributed by atoms with Crippen LogP contribution in [-0.2, 0) is 4.74 Å². The Balaban J connectivity index is 1.57. The number of benzene rings is 1.